The van der Waals surface area contributed by atoms with Crippen LogP contribution in [0.25, 0.3) is 0 Å². The predicted octanol–water partition coefficient (Wildman–Crippen LogP) is -1.52. The van der Waals surface area contributed by atoms with E-state index in [-0.39, 0.29) is 6.54 Å². The molecule has 3 nitrogen and oxygen atoms in total. The Morgan fingerprint density at radius 3 is 2.50 bits per heavy atom. The second-order valence-corrected chi connectivity index (χ2v) is 1.04. The summed E-state index contributed by atoms with van der Waals surface area (Å²) in [5.74, 6) is 0. The molecule has 0 fully saturated rings. The van der Waals surface area contributed by atoms with Gasteiger partial charge in [0.25, 0.3) is 0 Å². The fourth-order valence-corrected chi connectivity index (χ4v) is 0.118. The summed E-state index contributed by atoms with van der Waals surface area (Å²) in [4.78, 5) is 0. The van der Waals surface area contributed by atoms with Gasteiger partial charge < -0.3 is 10.8 Å². The Balaban J connectivity index is 2.75. The van der Waals surface area contributed by atoms with E-state index < -0.39 is 6.23 Å². The highest BCUT2D eigenvalue weighted by Crippen LogP contribution is 1.60. The molecule has 0 amide bonds. The molecule has 0 radical (unpaired) electrons. The Labute approximate surface area is 37.2 Å². The molecule has 0 heterocycles. The maximum atomic E-state index is 8.43. The molecule has 0 saturated heterocycles. The van der Waals surface area contributed by atoms with E-state index in [0.29, 0.717) is 0 Å². The van der Waals surface area contributed by atoms with E-state index in [1.165, 1.54) is 0 Å². The SMILES string of the molecule is CN[C@@H](O)CN. The summed E-state index contributed by atoms with van der Waals surface area (Å²) in [7, 11) is 1.65. The lowest BCUT2D eigenvalue weighted by molar-refractivity contribution is 0.155. The molecule has 0 aromatic heterocycles. The second kappa shape index (κ2) is 3.08. The molecule has 0 aliphatic heterocycles. The number of nitrogens with one attached hydrogen (secondary N) is 1. The quantitative estimate of drug-likeness (QED) is 0.361. The van der Waals surface area contributed by atoms with Crippen LogP contribution in [0.3, 0.4) is 0 Å². The van der Waals surface area contributed by atoms with Gasteiger partial charge in [-0.1, -0.05) is 0 Å². The highest BCUT2D eigenvalue weighted by atomic mass is 16.3. The second-order valence-electron chi connectivity index (χ2n) is 1.04. The van der Waals surface area contributed by atoms with Crippen LogP contribution in [-0.2, 0) is 0 Å². The lowest BCUT2D eigenvalue weighted by Gasteiger charge is -2.01. The monoisotopic (exact) mass is 90.1 g/mol. The predicted molar refractivity (Wildman–Crippen MR) is 24.1 cm³/mol. The first kappa shape index (κ1) is 5.88. The smallest absolute Gasteiger partial charge is 0.117 e. The van der Waals surface area contributed by atoms with E-state index >= 15 is 0 Å². The average molecular weight is 90.1 g/mol. The van der Waals surface area contributed by atoms with E-state index in [1.807, 2.05) is 0 Å². The molecular formula is C3H10N2O. The van der Waals surface area contributed by atoms with Crippen LogP contribution in [0.1, 0.15) is 0 Å². The Bertz CT molecular complexity index is 28.0. The zero-order valence-electron chi connectivity index (χ0n) is 3.81. The van der Waals surface area contributed by atoms with Gasteiger partial charge in [0.2, 0.25) is 0 Å². The van der Waals surface area contributed by atoms with Crippen molar-refractivity contribution in [2.24, 2.45) is 5.73 Å². The lowest BCUT2D eigenvalue weighted by Crippen LogP contribution is -2.32. The van der Waals surface area contributed by atoms with Crippen molar-refractivity contribution in [1.29, 1.82) is 0 Å². The number of aliphatic hydroxyl groups is 1. The van der Waals surface area contributed by atoms with Gasteiger partial charge in [0.05, 0.1) is 0 Å². The van der Waals surface area contributed by atoms with Gasteiger partial charge in [-0.25, -0.2) is 0 Å². The molecule has 0 rings (SSSR count). The summed E-state index contributed by atoms with van der Waals surface area (Å²) in [5.41, 5.74) is 4.97. The van der Waals surface area contributed by atoms with Crippen LogP contribution in [-0.4, -0.2) is 24.9 Å². The molecule has 4 N–H and O–H groups in total. The van der Waals surface area contributed by atoms with Crippen LogP contribution in [0.5, 0.6) is 0 Å². The van der Waals surface area contributed by atoms with Gasteiger partial charge in [-0.05, 0) is 7.05 Å². The van der Waals surface area contributed by atoms with Gasteiger partial charge in [0.1, 0.15) is 6.23 Å². The maximum absolute atomic E-state index is 8.43. The highest BCUT2D eigenvalue weighted by Gasteiger charge is 1.88. The van der Waals surface area contributed by atoms with Crippen molar-refractivity contribution in [2.75, 3.05) is 13.6 Å². The maximum Gasteiger partial charge on any atom is 0.117 e. The fourth-order valence-electron chi connectivity index (χ4n) is 0.118. The van der Waals surface area contributed by atoms with Crippen LogP contribution < -0.4 is 11.1 Å². The summed E-state index contributed by atoms with van der Waals surface area (Å²) in [5, 5.41) is 11.0. The number of hydrogen-bond acceptors (Lipinski definition) is 3. The van der Waals surface area contributed by atoms with Crippen molar-refractivity contribution in [2.45, 2.75) is 6.23 Å². The minimum Gasteiger partial charge on any atom is -0.377 e. The van der Waals surface area contributed by atoms with Gasteiger partial charge in [-0.3, -0.25) is 5.32 Å². The number of nitrogens with two attached hydrogens (primary N) is 1. The van der Waals surface area contributed by atoms with Gasteiger partial charge >= 0.3 is 0 Å². The number of hydrogen-bond donors (Lipinski definition) is 3. The third-order valence-corrected chi connectivity index (χ3v) is 0.556. The minimum atomic E-state index is -0.537. The normalized spacial score (nSPS) is 14.5. The van der Waals surface area contributed by atoms with Crippen LogP contribution in [0.15, 0.2) is 0 Å². The molecule has 3 heteroatoms. The number of likely N-dealkylation sites (N-methyl/N-ethyl adjacent to an activating group) is 1. The topological polar surface area (TPSA) is 58.3 Å². The van der Waals surface area contributed by atoms with Crippen molar-refractivity contribution >= 4 is 0 Å². The molecule has 0 aromatic carbocycles. The van der Waals surface area contributed by atoms with Gasteiger partial charge in [-0.2, -0.15) is 0 Å². The van der Waals surface area contributed by atoms with Crippen molar-refractivity contribution in [3.05, 3.63) is 0 Å². The van der Waals surface area contributed by atoms with Gasteiger partial charge in [0, 0.05) is 6.54 Å². The number of rotatable bonds is 2. The van der Waals surface area contributed by atoms with E-state index in [4.69, 9.17) is 10.8 Å². The third kappa shape index (κ3) is 2.14. The Morgan fingerprint density at radius 1 is 2.00 bits per heavy atom. The van der Waals surface area contributed by atoms with Crippen molar-refractivity contribution in [1.82, 2.24) is 5.32 Å². The van der Waals surface area contributed by atoms with E-state index in [0.717, 1.165) is 0 Å². The molecular weight excluding hydrogens is 80.0 g/mol. The highest BCUT2D eigenvalue weighted by molar-refractivity contribution is 4.43. The molecule has 0 aliphatic carbocycles. The first-order valence-electron chi connectivity index (χ1n) is 1.86. The first-order valence-corrected chi connectivity index (χ1v) is 1.86. The zero-order valence-corrected chi connectivity index (χ0v) is 3.81. The molecule has 0 aliphatic rings. The molecule has 0 bridgehead atoms. The average Bonchev–Trinajstić information content (AvgIpc) is 1.65. The molecule has 6 heavy (non-hydrogen) atoms. The third-order valence-electron chi connectivity index (χ3n) is 0.556. The minimum absolute atomic E-state index is 0.274. The Hall–Kier alpha value is -0.120. The summed E-state index contributed by atoms with van der Waals surface area (Å²) in [6.45, 7) is 0.274. The van der Waals surface area contributed by atoms with Crippen molar-refractivity contribution < 1.29 is 5.11 Å². The largest absolute Gasteiger partial charge is 0.377 e. The van der Waals surface area contributed by atoms with Crippen molar-refractivity contribution in [3.8, 4) is 0 Å². The summed E-state index contributed by atoms with van der Waals surface area (Å²) < 4.78 is 0. The molecule has 38 valence electrons. The van der Waals surface area contributed by atoms with Gasteiger partial charge in [-0.15, -0.1) is 0 Å². The van der Waals surface area contributed by atoms with E-state index in [1.54, 1.807) is 7.05 Å². The summed E-state index contributed by atoms with van der Waals surface area (Å²) in [6.07, 6.45) is -0.537. The number of aliphatic hydroxyl groups excluding tert-OH is 1. The standard InChI is InChI=1S/C3H10N2O/c1-5-3(6)2-4/h3,5-6H,2,4H2,1H3/t3-/m0/s1. The molecule has 0 spiro atoms. The Kier molecular flexibility index (Phi) is 3.02. The first-order chi connectivity index (χ1) is 2.81. The molecule has 1 atom stereocenters. The van der Waals surface area contributed by atoms with Crippen LogP contribution in [0.2, 0.25) is 0 Å². The fraction of sp³-hybridized carbons (Fsp3) is 1.00. The van der Waals surface area contributed by atoms with Crippen molar-refractivity contribution in [3.63, 3.8) is 0 Å². The molecule has 0 aromatic rings. The van der Waals surface area contributed by atoms with Crippen LogP contribution >= 0.6 is 0 Å². The molecule has 0 saturated carbocycles. The van der Waals surface area contributed by atoms with E-state index in [9.17, 15) is 0 Å². The van der Waals surface area contributed by atoms with Crippen LogP contribution in [0, 0.1) is 0 Å². The molecule has 0 unspecified atom stereocenters. The van der Waals surface area contributed by atoms with Crippen LogP contribution in [0.4, 0.5) is 0 Å². The lowest BCUT2D eigenvalue weighted by atomic mass is 10.6. The Morgan fingerprint density at radius 2 is 2.50 bits per heavy atom. The zero-order chi connectivity index (χ0) is 4.99. The van der Waals surface area contributed by atoms with Gasteiger partial charge in [0.15, 0.2) is 0 Å². The summed E-state index contributed by atoms with van der Waals surface area (Å²) in [6, 6.07) is 0. The summed E-state index contributed by atoms with van der Waals surface area (Å²) >= 11 is 0. The van der Waals surface area contributed by atoms with E-state index in [2.05, 4.69) is 5.32 Å².